The molecule has 164 valence electrons. The van der Waals surface area contributed by atoms with Gasteiger partial charge < -0.3 is 15.4 Å². The predicted molar refractivity (Wildman–Crippen MR) is 113 cm³/mol. The summed E-state index contributed by atoms with van der Waals surface area (Å²) in [5.74, 6) is 1.01. The number of amides is 2. The van der Waals surface area contributed by atoms with E-state index in [1.54, 1.807) is 0 Å². The summed E-state index contributed by atoms with van der Waals surface area (Å²) in [6, 6.07) is 0.186. The molecule has 1 aromatic rings. The number of hydrogen-bond acceptors (Lipinski definition) is 5. The van der Waals surface area contributed by atoms with Crippen LogP contribution in [0.5, 0.6) is 0 Å². The minimum Gasteiger partial charge on any atom is -0.378 e. The lowest BCUT2D eigenvalue weighted by atomic mass is 9.59. The second-order valence-electron chi connectivity index (χ2n) is 10.2. The average molecular weight is 415 g/mol. The minimum atomic E-state index is -0.155. The standard InChI is InChI=1S/C23H34N4O3/c1-14(2)19(28)27-21-22(3,4)16-9-17-18(30-8-6-23(17,21)10-16)5-7-26-20(29)15-11-24-13-25-12-15/h11-14,16-18,21H,5-10H2,1-4H3,(H,26,29)(H,27,28)/t16-,17-,18-,21+,23-/m1/s1. The lowest BCUT2D eigenvalue weighted by molar-refractivity contribution is -0.138. The Labute approximate surface area is 178 Å². The van der Waals surface area contributed by atoms with E-state index < -0.39 is 0 Å². The van der Waals surface area contributed by atoms with E-state index in [4.69, 9.17) is 4.74 Å². The van der Waals surface area contributed by atoms with Gasteiger partial charge in [0.15, 0.2) is 0 Å². The highest BCUT2D eigenvalue weighted by Gasteiger charge is 2.68. The van der Waals surface area contributed by atoms with E-state index in [9.17, 15) is 9.59 Å². The van der Waals surface area contributed by atoms with Gasteiger partial charge in [-0.25, -0.2) is 9.97 Å². The summed E-state index contributed by atoms with van der Waals surface area (Å²) in [7, 11) is 0. The molecule has 5 atom stereocenters. The van der Waals surface area contributed by atoms with Crippen LogP contribution in [-0.2, 0) is 9.53 Å². The number of nitrogens with one attached hydrogen (secondary N) is 2. The summed E-state index contributed by atoms with van der Waals surface area (Å²) in [4.78, 5) is 32.7. The van der Waals surface area contributed by atoms with E-state index in [1.807, 2.05) is 13.8 Å². The molecule has 1 aliphatic heterocycles. The van der Waals surface area contributed by atoms with Crippen LogP contribution in [0.1, 0.15) is 63.7 Å². The molecule has 30 heavy (non-hydrogen) atoms. The summed E-state index contributed by atoms with van der Waals surface area (Å²) < 4.78 is 6.21. The van der Waals surface area contributed by atoms with Gasteiger partial charge in [0.1, 0.15) is 6.33 Å². The van der Waals surface area contributed by atoms with Crippen LogP contribution in [-0.4, -0.2) is 47.1 Å². The highest BCUT2D eigenvalue weighted by atomic mass is 16.5. The number of fused-ring (bicyclic) bond motifs is 1. The van der Waals surface area contributed by atoms with Gasteiger partial charge in [0.05, 0.1) is 11.7 Å². The molecule has 0 radical (unpaired) electrons. The van der Waals surface area contributed by atoms with Crippen LogP contribution in [0.2, 0.25) is 0 Å². The van der Waals surface area contributed by atoms with Crippen molar-refractivity contribution in [1.82, 2.24) is 20.6 Å². The Morgan fingerprint density at radius 3 is 2.70 bits per heavy atom. The van der Waals surface area contributed by atoms with Gasteiger partial charge in [0.25, 0.3) is 5.91 Å². The number of nitrogens with zero attached hydrogens (tertiary/aromatic N) is 2. The average Bonchev–Trinajstić information content (AvgIpc) is 3.21. The van der Waals surface area contributed by atoms with Crippen LogP contribution in [0.15, 0.2) is 18.7 Å². The third-order valence-corrected chi connectivity index (χ3v) is 7.97. The molecule has 2 amide bonds. The third kappa shape index (κ3) is 3.51. The van der Waals surface area contributed by atoms with Crippen molar-refractivity contribution in [2.24, 2.45) is 28.6 Å². The van der Waals surface area contributed by atoms with Crippen molar-refractivity contribution in [3.8, 4) is 0 Å². The Morgan fingerprint density at radius 2 is 2.00 bits per heavy atom. The molecule has 0 aromatic carbocycles. The minimum absolute atomic E-state index is 0.0115. The van der Waals surface area contributed by atoms with E-state index in [1.165, 1.54) is 25.1 Å². The van der Waals surface area contributed by atoms with Gasteiger partial charge in [-0.05, 0) is 48.3 Å². The van der Waals surface area contributed by atoms with Crippen molar-refractivity contribution in [2.45, 2.75) is 65.5 Å². The molecule has 3 fully saturated rings. The van der Waals surface area contributed by atoms with Crippen molar-refractivity contribution in [1.29, 1.82) is 0 Å². The van der Waals surface area contributed by atoms with Gasteiger partial charge in [-0.15, -0.1) is 0 Å². The molecule has 7 nitrogen and oxygen atoms in total. The van der Waals surface area contributed by atoms with Gasteiger partial charge in [-0.2, -0.15) is 0 Å². The van der Waals surface area contributed by atoms with Crippen molar-refractivity contribution in [3.63, 3.8) is 0 Å². The lowest BCUT2D eigenvalue weighted by Gasteiger charge is -2.53. The van der Waals surface area contributed by atoms with Crippen LogP contribution in [0, 0.1) is 28.6 Å². The van der Waals surface area contributed by atoms with Gasteiger partial charge in [-0.3, -0.25) is 9.59 Å². The van der Waals surface area contributed by atoms with Gasteiger partial charge in [0, 0.05) is 37.5 Å². The van der Waals surface area contributed by atoms with Crippen molar-refractivity contribution < 1.29 is 14.3 Å². The number of carbonyl (C=O) groups is 2. The number of carbonyl (C=O) groups excluding carboxylic acids is 2. The first kappa shape index (κ1) is 21.2. The maximum atomic E-state index is 12.6. The summed E-state index contributed by atoms with van der Waals surface area (Å²) in [5.41, 5.74) is 0.681. The quantitative estimate of drug-likeness (QED) is 0.746. The van der Waals surface area contributed by atoms with Crippen molar-refractivity contribution >= 4 is 11.8 Å². The smallest absolute Gasteiger partial charge is 0.254 e. The van der Waals surface area contributed by atoms with Gasteiger partial charge in [-0.1, -0.05) is 27.7 Å². The van der Waals surface area contributed by atoms with E-state index in [0.717, 1.165) is 25.9 Å². The monoisotopic (exact) mass is 414 g/mol. The fraction of sp³-hybridized carbons (Fsp3) is 0.739. The Kier molecular flexibility index (Phi) is 5.60. The Balaban J connectivity index is 1.43. The Hall–Kier alpha value is -2.02. The largest absolute Gasteiger partial charge is 0.378 e. The fourth-order valence-electron chi connectivity index (χ4n) is 6.35. The molecule has 7 heteroatoms. The molecule has 1 spiro atoms. The van der Waals surface area contributed by atoms with Crippen LogP contribution in [0.4, 0.5) is 0 Å². The first-order valence-electron chi connectivity index (χ1n) is 11.2. The van der Waals surface area contributed by atoms with Crippen molar-refractivity contribution in [2.75, 3.05) is 13.2 Å². The van der Waals surface area contributed by atoms with Crippen molar-refractivity contribution in [3.05, 3.63) is 24.3 Å². The fourth-order valence-corrected chi connectivity index (χ4v) is 6.35. The summed E-state index contributed by atoms with van der Waals surface area (Å²) in [6.07, 6.45) is 8.67. The van der Waals surface area contributed by atoms with Crippen LogP contribution in [0.3, 0.4) is 0 Å². The van der Waals surface area contributed by atoms with Crippen LogP contribution >= 0.6 is 0 Å². The topological polar surface area (TPSA) is 93.2 Å². The number of rotatable bonds is 6. The number of aromatic nitrogens is 2. The lowest BCUT2D eigenvalue weighted by Crippen LogP contribution is -2.60. The zero-order chi connectivity index (χ0) is 21.5. The maximum Gasteiger partial charge on any atom is 0.254 e. The molecule has 3 aliphatic rings. The maximum absolute atomic E-state index is 12.6. The number of hydrogen-bond donors (Lipinski definition) is 2. The molecule has 2 aliphatic carbocycles. The second-order valence-corrected chi connectivity index (χ2v) is 10.2. The summed E-state index contributed by atoms with van der Waals surface area (Å²) in [6.45, 7) is 9.83. The summed E-state index contributed by atoms with van der Waals surface area (Å²) in [5, 5.41) is 6.40. The second kappa shape index (κ2) is 7.91. The van der Waals surface area contributed by atoms with Crippen LogP contribution < -0.4 is 10.6 Å². The molecule has 4 rings (SSSR count). The molecule has 2 heterocycles. The Morgan fingerprint density at radius 1 is 1.27 bits per heavy atom. The molecule has 0 unspecified atom stereocenters. The van der Waals surface area contributed by atoms with E-state index in [2.05, 4.69) is 34.4 Å². The van der Waals surface area contributed by atoms with E-state index in [0.29, 0.717) is 23.9 Å². The predicted octanol–water partition coefficient (Wildman–Crippen LogP) is 2.58. The summed E-state index contributed by atoms with van der Waals surface area (Å²) >= 11 is 0. The molecular weight excluding hydrogens is 380 g/mol. The zero-order valence-electron chi connectivity index (χ0n) is 18.5. The van der Waals surface area contributed by atoms with Crippen LogP contribution in [0.25, 0.3) is 0 Å². The van der Waals surface area contributed by atoms with E-state index >= 15 is 0 Å². The zero-order valence-corrected chi connectivity index (χ0v) is 18.5. The molecule has 2 bridgehead atoms. The third-order valence-electron chi connectivity index (χ3n) is 7.97. The van der Waals surface area contributed by atoms with E-state index in [-0.39, 0.29) is 40.7 Å². The highest BCUT2D eigenvalue weighted by Crippen LogP contribution is 2.68. The molecule has 1 saturated heterocycles. The molecule has 2 N–H and O–H groups in total. The molecule has 2 saturated carbocycles. The normalized spacial score (nSPS) is 33.9. The SMILES string of the molecule is CC(C)C(=O)N[C@H]1C(C)(C)[C@@H]2C[C@@H]3[C@@H](CCNC(=O)c4cncnc4)OCC[C@@]31C2. The van der Waals surface area contributed by atoms with Gasteiger partial charge in [0.2, 0.25) is 5.91 Å². The highest BCUT2D eigenvalue weighted by molar-refractivity contribution is 5.93. The van der Waals surface area contributed by atoms with Gasteiger partial charge >= 0.3 is 0 Å². The first-order valence-corrected chi connectivity index (χ1v) is 11.2. The molecular formula is C23H34N4O3. The Bertz CT molecular complexity index is 797. The molecule has 1 aromatic heterocycles. The number of ether oxygens (including phenoxy) is 1. The first-order chi connectivity index (χ1) is 14.3.